The first kappa shape index (κ1) is 15.9. The van der Waals surface area contributed by atoms with Crippen LogP contribution in [-0.4, -0.2) is 46.7 Å². The molecule has 0 bridgehead atoms. The van der Waals surface area contributed by atoms with Crippen molar-refractivity contribution in [1.29, 1.82) is 0 Å². The maximum atomic E-state index is 11.0. The number of hydrogen-bond donors (Lipinski definition) is 1. The van der Waals surface area contributed by atoms with E-state index in [0.29, 0.717) is 6.04 Å². The molecule has 0 rings (SSSR count). The van der Waals surface area contributed by atoms with E-state index in [1.165, 1.54) is 6.26 Å². The van der Waals surface area contributed by atoms with Crippen molar-refractivity contribution >= 4 is 9.84 Å². The van der Waals surface area contributed by atoms with Gasteiger partial charge in [-0.3, -0.25) is 0 Å². The zero-order chi connectivity index (χ0) is 12.4. The molecule has 0 fully saturated rings. The lowest BCUT2D eigenvalue weighted by atomic mass is 10.1. The summed E-state index contributed by atoms with van der Waals surface area (Å²) in [5.41, 5.74) is 0. The molecule has 0 saturated carbocycles. The number of sulfone groups is 1. The van der Waals surface area contributed by atoms with Crippen molar-refractivity contribution < 1.29 is 13.2 Å². The lowest BCUT2D eigenvalue weighted by Gasteiger charge is -2.15. The van der Waals surface area contributed by atoms with Crippen molar-refractivity contribution in [2.75, 3.05) is 32.3 Å². The average molecular weight is 251 g/mol. The van der Waals surface area contributed by atoms with Crippen LogP contribution in [0.5, 0.6) is 0 Å². The van der Waals surface area contributed by atoms with Crippen LogP contribution in [0, 0.1) is 0 Å². The third-order valence-corrected chi connectivity index (χ3v) is 3.47. The normalized spacial score (nSPS) is 13.9. The van der Waals surface area contributed by atoms with E-state index in [9.17, 15) is 8.42 Å². The molecule has 0 aliphatic rings. The van der Waals surface area contributed by atoms with E-state index in [1.807, 2.05) is 7.05 Å². The van der Waals surface area contributed by atoms with Crippen LogP contribution >= 0.6 is 0 Å². The highest BCUT2D eigenvalue weighted by atomic mass is 32.2. The molecule has 0 heterocycles. The Morgan fingerprint density at radius 3 is 2.44 bits per heavy atom. The Morgan fingerprint density at radius 2 is 1.94 bits per heavy atom. The van der Waals surface area contributed by atoms with Crippen molar-refractivity contribution in [2.24, 2.45) is 0 Å². The zero-order valence-electron chi connectivity index (χ0n) is 10.7. The zero-order valence-corrected chi connectivity index (χ0v) is 11.5. The van der Waals surface area contributed by atoms with E-state index in [-0.39, 0.29) is 5.75 Å². The van der Waals surface area contributed by atoms with Gasteiger partial charge < -0.3 is 10.1 Å². The smallest absolute Gasteiger partial charge is 0.147 e. The summed E-state index contributed by atoms with van der Waals surface area (Å²) in [4.78, 5) is 0. The van der Waals surface area contributed by atoms with Gasteiger partial charge in [-0.2, -0.15) is 0 Å². The first-order valence-corrected chi connectivity index (χ1v) is 7.98. The lowest BCUT2D eigenvalue weighted by molar-refractivity contribution is 0.124. The topological polar surface area (TPSA) is 55.4 Å². The predicted molar refractivity (Wildman–Crippen MR) is 67.5 cm³/mol. The Bertz CT molecular complexity index is 252. The fraction of sp³-hybridized carbons (Fsp3) is 1.00. The van der Waals surface area contributed by atoms with Crippen LogP contribution in [0.25, 0.3) is 0 Å². The summed E-state index contributed by atoms with van der Waals surface area (Å²) in [5, 5.41) is 3.19. The largest absolute Gasteiger partial charge is 0.381 e. The molecule has 0 aliphatic heterocycles. The SMILES string of the molecule is CCCOCCC(CCCS(C)(=O)=O)NC. The molecule has 4 nitrogen and oxygen atoms in total. The number of hydrogen-bond acceptors (Lipinski definition) is 4. The summed E-state index contributed by atoms with van der Waals surface area (Å²) in [5.74, 6) is 0.279. The van der Waals surface area contributed by atoms with E-state index in [4.69, 9.17) is 4.74 Å². The van der Waals surface area contributed by atoms with E-state index < -0.39 is 9.84 Å². The monoisotopic (exact) mass is 251 g/mol. The van der Waals surface area contributed by atoms with Gasteiger partial charge >= 0.3 is 0 Å². The molecular formula is C11H25NO3S. The highest BCUT2D eigenvalue weighted by Crippen LogP contribution is 2.04. The summed E-state index contributed by atoms with van der Waals surface area (Å²) >= 11 is 0. The van der Waals surface area contributed by atoms with Gasteiger partial charge in [0.05, 0.1) is 0 Å². The van der Waals surface area contributed by atoms with Crippen molar-refractivity contribution in [3.05, 3.63) is 0 Å². The van der Waals surface area contributed by atoms with Gasteiger partial charge in [0.1, 0.15) is 9.84 Å². The highest BCUT2D eigenvalue weighted by molar-refractivity contribution is 7.90. The van der Waals surface area contributed by atoms with Crippen LogP contribution < -0.4 is 5.32 Å². The number of rotatable bonds is 10. The molecule has 0 aromatic rings. The summed E-state index contributed by atoms with van der Waals surface area (Å²) in [6.07, 6.45) is 4.88. The summed E-state index contributed by atoms with van der Waals surface area (Å²) in [6, 6.07) is 0.360. The molecule has 0 amide bonds. The van der Waals surface area contributed by atoms with E-state index >= 15 is 0 Å². The second kappa shape index (κ2) is 8.96. The van der Waals surface area contributed by atoms with Crippen LogP contribution in [0.3, 0.4) is 0 Å². The van der Waals surface area contributed by atoms with E-state index in [0.717, 1.165) is 38.9 Å². The Kier molecular flexibility index (Phi) is 8.89. The minimum absolute atomic E-state index is 0.279. The van der Waals surface area contributed by atoms with Crippen molar-refractivity contribution in [3.63, 3.8) is 0 Å². The Balaban J connectivity index is 3.59. The molecule has 98 valence electrons. The molecule has 0 radical (unpaired) electrons. The third kappa shape index (κ3) is 10.4. The molecule has 0 aliphatic carbocycles. The Morgan fingerprint density at radius 1 is 1.25 bits per heavy atom. The maximum absolute atomic E-state index is 11.0. The molecule has 16 heavy (non-hydrogen) atoms. The minimum atomic E-state index is -2.82. The van der Waals surface area contributed by atoms with Crippen LogP contribution in [0.1, 0.15) is 32.6 Å². The average Bonchev–Trinajstić information content (AvgIpc) is 2.20. The third-order valence-electron chi connectivity index (χ3n) is 2.44. The van der Waals surface area contributed by atoms with Gasteiger partial charge in [0.2, 0.25) is 0 Å². The number of nitrogens with one attached hydrogen (secondary N) is 1. The van der Waals surface area contributed by atoms with Crippen molar-refractivity contribution in [3.8, 4) is 0 Å². The van der Waals surface area contributed by atoms with Crippen LogP contribution in [-0.2, 0) is 14.6 Å². The summed E-state index contributed by atoms with van der Waals surface area (Å²) < 4.78 is 27.3. The molecular weight excluding hydrogens is 226 g/mol. The predicted octanol–water partition coefficient (Wildman–Crippen LogP) is 1.22. The maximum Gasteiger partial charge on any atom is 0.147 e. The van der Waals surface area contributed by atoms with Crippen molar-refractivity contribution in [1.82, 2.24) is 5.32 Å². The molecule has 1 atom stereocenters. The van der Waals surface area contributed by atoms with Crippen LogP contribution in [0.2, 0.25) is 0 Å². The van der Waals surface area contributed by atoms with E-state index in [1.54, 1.807) is 0 Å². The molecule has 1 N–H and O–H groups in total. The second-order valence-electron chi connectivity index (χ2n) is 4.16. The first-order valence-electron chi connectivity index (χ1n) is 5.92. The van der Waals surface area contributed by atoms with Crippen LogP contribution in [0.4, 0.5) is 0 Å². The first-order chi connectivity index (χ1) is 7.49. The van der Waals surface area contributed by atoms with E-state index in [2.05, 4.69) is 12.2 Å². The number of ether oxygens (including phenoxy) is 1. The second-order valence-corrected chi connectivity index (χ2v) is 6.42. The fourth-order valence-corrected chi connectivity index (χ4v) is 2.19. The Hall–Kier alpha value is -0.130. The van der Waals surface area contributed by atoms with Crippen molar-refractivity contribution in [2.45, 2.75) is 38.6 Å². The molecule has 0 saturated heterocycles. The highest BCUT2D eigenvalue weighted by Gasteiger charge is 2.08. The minimum Gasteiger partial charge on any atom is -0.381 e. The lowest BCUT2D eigenvalue weighted by Crippen LogP contribution is -2.27. The fourth-order valence-electron chi connectivity index (χ4n) is 1.50. The molecule has 1 unspecified atom stereocenters. The van der Waals surface area contributed by atoms with Gasteiger partial charge in [0.25, 0.3) is 0 Å². The molecule has 0 aromatic heterocycles. The Labute approximate surface area is 99.7 Å². The van der Waals surface area contributed by atoms with Gasteiger partial charge in [0, 0.05) is 31.3 Å². The standard InChI is InChI=1S/C11H25NO3S/c1-4-8-15-9-7-11(12-2)6-5-10-16(3,13)14/h11-12H,4-10H2,1-3H3. The quantitative estimate of drug-likeness (QED) is 0.593. The molecule has 5 heteroatoms. The van der Waals surface area contributed by atoms with Gasteiger partial charge in [-0.25, -0.2) is 8.42 Å². The summed E-state index contributed by atoms with van der Waals surface area (Å²) in [7, 11) is -0.908. The molecule has 0 aromatic carbocycles. The molecule has 0 spiro atoms. The van der Waals surface area contributed by atoms with Gasteiger partial charge in [-0.05, 0) is 32.7 Å². The van der Waals surface area contributed by atoms with Gasteiger partial charge in [-0.1, -0.05) is 6.92 Å². The van der Waals surface area contributed by atoms with Crippen LogP contribution in [0.15, 0.2) is 0 Å². The van der Waals surface area contributed by atoms with Gasteiger partial charge in [0.15, 0.2) is 0 Å². The summed E-state index contributed by atoms with van der Waals surface area (Å²) in [6.45, 7) is 3.64. The van der Waals surface area contributed by atoms with Gasteiger partial charge in [-0.15, -0.1) is 0 Å².